The van der Waals surface area contributed by atoms with Crippen LogP contribution in [0.25, 0.3) is 0 Å². The molecule has 2 aromatic rings. The van der Waals surface area contributed by atoms with Crippen LogP contribution in [0.1, 0.15) is 67.3 Å². The van der Waals surface area contributed by atoms with Gasteiger partial charge in [0, 0.05) is 23.2 Å². The number of fused-ring (bicyclic) bond motifs is 2. The Morgan fingerprint density at radius 3 is 2.52 bits per heavy atom. The molecule has 3 nitrogen and oxygen atoms in total. The molecule has 0 unspecified atom stereocenters. The molecule has 1 aliphatic heterocycles. The molecule has 154 valence electrons. The first kappa shape index (κ1) is 20.5. The fourth-order valence-electron chi connectivity index (χ4n) is 5.70. The molecule has 1 aliphatic carbocycles. The van der Waals surface area contributed by atoms with Gasteiger partial charge in [0.15, 0.2) is 0 Å². The van der Waals surface area contributed by atoms with E-state index in [4.69, 9.17) is 4.98 Å². The van der Waals surface area contributed by atoms with E-state index in [1.165, 1.54) is 22.4 Å². The van der Waals surface area contributed by atoms with Crippen LogP contribution in [-0.2, 0) is 5.75 Å². The molecule has 1 aromatic carbocycles. The van der Waals surface area contributed by atoms with Crippen LogP contribution in [0.2, 0.25) is 0 Å². The van der Waals surface area contributed by atoms with Crippen LogP contribution in [-0.4, -0.2) is 28.4 Å². The van der Waals surface area contributed by atoms with Gasteiger partial charge in [-0.1, -0.05) is 45.0 Å². The van der Waals surface area contributed by atoms with Gasteiger partial charge in [0.2, 0.25) is 0 Å². The molecule has 29 heavy (non-hydrogen) atoms. The van der Waals surface area contributed by atoms with Gasteiger partial charge in [-0.15, -0.1) is 11.8 Å². The van der Waals surface area contributed by atoms with Crippen LogP contribution in [0.3, 0.4) is 0 Å². The fourth-order valence-corrected chi connectivity index (χ4v) is 6.74. The molecular formula is C25H32N2OS. The molecule has 1 aromatic heterocycles. The zero-order valence-electron chi connectivity index (χ0n) is 18.3. The van der Waals surface area contributed by atoms with Crippen molar-refractivity contribution in [2.75, 3.05) is 6.54 Å². The summed E-state index contributed by atoms with van der Waals surface area (Å²) in [6.45, 7) is 12.2. The van der Waals surface area contributed by atoms with Crippen molar-refractivity contribution >= 4 is 17.7 Å². The van der Waals surface area contributed by atoms with E-state index in [-0.39, 0.29) is 11.3 Å². The molecule has 0 spiro atoms. The maximum atomic E-state index is 13.3. The molecule has 2 fully saturated rings. The number of thioether (sulfide) groups is 1. The number of carbonyl (C=O) groups is 1. The number of rotatable bonds is 4. The van der Waals surface area contributed by atoms with Crippen molar-refractivity contribution in [1.82, 2.24) is 9.88 Å². The number of benzene rings is 1. The zero-order valence-corrected chi connectivity index (χ0v) is 19.1. The lowest BCUT2D eigenvalue weighted by molar-refractivity contribution is 0.0702. The SMILES string of the molecule is Cc1cccc(C)c1SCc1cccc(C(=O)N2C[C@]3(C)C[C@H]2CC(C)(C)C3)n1. The van der Waals surface area contributed by atoms with Crippen LogP contribution in [0.15, 0.2) is 41.3 Å². The highest BCUT2D eigenvalue weighted by Gasteiger charge is 2.51. The maximum absolute atomic E-state index is 13.3. The number of hydrogen-bond acceptors (Lipinski definition) is 3. The summed E-state index contributed by atoms with van der Waals surface area (Å²) >= 11 is 1.81. The third-order valence-electron chi connectivity index (χ3n) is 6.47. The Bertz CT molecular complexity index is 918. The van der Waals surface area contributed by atoms with E-state index >= 15 is 0 Å². The number of aromatic nitrogens is 1. The summed E-state index contributed by atoms with van der Waals surface area (Å²) in [6, 6.07) is 12.6. The molecule has 4 rings (SSSR count). The number of carbonyl (C=O) groups excluding carboxylic acids is 1. The Kier molecular flexibility index (Phi) is 5.27. The van der Waals surface area contributed by atoms with Gasteiger partial charge in [0.25, 0.3) is 5.91 Å². The molecule has 2 heterocycles. The predicted molar refractivity (Wildman–Crippen MR) is 120 cm³/mol. The van der Waals surface area contributed by atoms with Crippen molar-refractivity contribution < 1.29 is 4.79 Å². The van der Waals surface area contributed by atoms with Gasteiger partial charge in [-0.05, 0) is 67.2 Å². The number of nitrogens with zero attached hydrogens (tertiary/aromatic N) is 2. The second-order valence-corrected chi connectivity index (χ2v) is 11.2. The summed E-state index contributed by atoms with van der Waals surface area (Å²) in [7, 11) is 0. The van der Waals surface area contributed by atoms with E-state index in [0.717, 1.165) is 30.8 Å². The average molecular weight is 409 g/mol. The van der Waals surface area contributed by atoms with Gasteiger partial charge >= 0.3 is 0 Å². The number of pyridine rings is 1. The van der Waals surface area contributed by atoms with E-state index in [1.54, 1.807) is 11.8 Å². The molecular weight excluding hydrogens is 376 g/mol. The Morgan fingerprint density at radius 2 is 1.79 bits per heavy atom. The van der Waals surface area contributed by atoms with Crippen molar-refractivity contribution in [1.29, 1.82) is 0 Å². The average Bonchev–Trinajstić information content (AvgIpc) is 2.89. The standard InChI is InChI=1S/C25H32N2OS/c1-17-8-6-9-18(2)22(17)29-14-19-10-7-11-21(26-19)23(28)27-16-25(5)13-20(27)12-24(3,4)15-25/h6-11,20H,12-16H2,1-5H3/t20-,25-/m1/s1. The fraction of sp³-hybridized carbons (Fsp3) is 0.520. The molecule has 1 saturated heterocycles. The van der Waals surface area contributed by atoms with Crippen LogP contribution in [0.4, 0.5) is 0 Å². The Labute approximate surface area is 179 Å². The highest BCUT2D eigenvalue weighted by atomic mass is 32.2. The first-order valence-electron chi connectivity index (χ1n) is 10.6. The molecule has 2 aliphatic rings. The summed E-state index contributed by atoms with van der Waals surface area (Å²) in [5, 5.41) is 0. The summed E-state index contributed by atoms with van der Waals surface area (Å²) < 4.78 is 0. The van der Waals surface area contributed by atoms with E-state index in [1.807, 2.05) is 18.2 Å². The normalized spacial score (nSPS) is 25.3. The predicted octanol–water partition coefficient (Wildman–Crippen LogP) is 6.03. The van der Waals surface area contributed by atoms with Gasteiger partial charge in [0.1, 0.15) is 5.69 Å². The molecule has 0 radical (unpaired) electrons. The quantitative estimate of drug-likeness (QED) is 0.579. The number of aryl methyl sites for hydroxylation is 2. The van der Waals surface area contributed by atoms with Crippen LogP contribution < -0.4 is 0 Å². The van der Waals surface area contributed by atoms with Crippen LogP contribution in [0, 0.1) is 24.7 Å². The van der Waals surface area contributed by atoms with Gasteiger partial charge in [-0.3, -0.25) is 4.79 Å². The highest BCUT2D eigenvalue weighted by molar-refractivity contribution is 7.98. The van der Waals surface area contributed by atoms with Crippen molar-refractivity contribution in [3.05, 3.63) is 58.9 Å². The molecule has 2 atom stereocenters. The largest absolute Gasteiger partial charge is 0.334 e. The number of likely N-dealkylation sites (tertiary alicyclic amines) is 1. The summed E-state index contributed by atoms with van der Waals surface area (Å²) in [5.74, 6) is 0.886. The van der Waals surface area contributed by atoms with Crippen LogP contribution >= 0.6 is 11.8 Å². The van der Waals surface area contributed by atoms with Gasteiger partial charge in [0.05, 0.1) is 5.69 Å². The Morgan fingerprint density at radius 1 is 1.10 bits per heavy atom. The van der Waals surface area contributed by atoms with Crippen molar-refractivity contribution in [3.8, 4) is 0 Å². The second kappa shape index (κ2) is 7.46. The Hall–Kier alpha value is -1.81. The smallest absolute Gasteiger partial charge is 0.272 e. The minimum Gasteiger partial charge on any atom is -0.334 e. The van der Waals surface area contributed by atoms with E-state index in [9.17, 15) is 4.79 Å². The van der Waals surface area contributed by atoms with Gasteiger partial charge in [-0.25, -0.2) is 4.98 Å². The molecule has 1 amide bonds. The highest BCUT2D eigenvalue weighted by Crippen LogP contribution is 2.52. The minimum absolute atomic E-state index is 0.107. The zero-order chi connectivity index (χ0) is 20.8. The topological polar surface area (TPSA) is 33.2 Å². The van der Waals surface area contributed by atoms with Crippen molar-refractivity contribution in [3.63, 3.8) is 0 Å². The first-order chi connectivity index (χ1) is 13.7. The molecule has 4 heteroatoms. The van der Waals surface area contributed by atoms with Gasteiger partial charge in [-0.2, -0.15) is 0 Å². The monoisotopic (exact) mass is 408 g/mol. The first-order valence-corrected chi connectivity index (χ1v) is 11.6. The molecule has 2 bridgehead atoms. The third kappa shape index (κ3) is 4.23. The van der Waals surface area contributed by atoms with Crippen LogP contribution in [0.5, 0.6) is 0 Å². The maximum Gasteiger partial charge on any atom is 0.272 e. The molecule has 0 N–H and O–H groups in total. The van der Waals surface area contributed by atoms with E-state index in [0.29, 0.717) is 17.2 Å². The lowest BCUT2D eigenvalue weighted by atomic mass is 9.65. The van der Waals surface area contributed by atoms with Crippen molar-refractivity contribution in [2.24, 2.45) is 10.8 Å². The van der Waals surface area contributed by atoms with E-state index < -0.39 is 0 Å². The third-order valence-corrected chi connectivity index (χ3v) is 7.85. The minimum atomic E-state index is 0.107. The lowest BCUT2D eigenvalue weighted by Crippen LogP contribution is -2.38. The second-order valence-electron chi connectivity index (χ2n) is 10.2. The number of hydrogen-bond donors (Lipinski definition) is 0. The summed E-state index contributed by atoms with van der Waals surface area (Å²) in [6.07, 6.45) is 3.42. The van der Waals surface area contributed by atoms with E-state index in [2.05, 4.69) is 57.7 Å². The Balaban J connectivity index is 1.50. The molecule has 1 saturated carbocycles. The summed E-state index contributed by atoms with van der Waals surface area (Å²) in [4.78, 5) is 21.5. The van der Waals surface area contributed by atoms with Gasteiger partial charge < -0.3 is 4.90 Å². The van der Waals surface area contributed by atoms with Crippen molar-refractivity contribution in [2.45, 2.75) is 70.6 Å². The number of amides is 1. The lowest BCUT2D eigenvalue weighted by Gasteiger charge is -2.39. The summed E-state index contributed by atoms with van der Waals surface area (Å²) in [5.41, 5.74) is 4.71.